The van der Waals surface area contributed by atoms with E-state index in [2.05, 4.69) is 171 Å². The molecule has 0 aliphatic carbocycles. The van der Waals surface area contributed by atoms with Gasteiger partial charge in [-0.1, -0.05) is 152 Å². The third kappa shape index (κ3) is 4.14. The molecule has 210 valence electrons. The quantitative estimate of drug-likeness (QED) is 0.146. The monoisotopic (exact) mass is 570 g/mol. The molecule has 0 fully saturated rings. The molecule has 0 heteroatoms. The Bertz CT molecular complexity index is 2590. The van der Waals surface area contributed by atoms with E-state index in [0.717, 1.165) is 0 Å². The maximum atomic E-state index is 2.42. The third-order valence-corrected chi connectivity index (χ3v) is 9.53. The van der Waals surface area contributed by atoms with Gasteiger partial charge in [0.15, 0.2) is 0 Å². The highest BCUT2D eigenvalue weighted by atomic mass is 14.2. The van der Waals surface area contributed by atoms with Gasteiger partial charge in [0.1, 0.15) is 0 Å². The standard InChI is InChI=1S/C45H30/c1-29-26-42-43(33-22-18-32(19-23-33)36-24-20-30-10-2-4-12-34(30)27-36)40-16-8-9-17-41(40)44(45(42)39-15-7-6-14-38(29)39)37-25-21-31-11-3-5-13-35(31)28-37/h2-28H,1H3. The number of benzene rings is 9. The van der Waals surface area contributed by atoms with Crippen LogP contribution in [0.15, 0.2) is 164 Å². The van der Waals surface area contributed by atoms with Crippen LogP contribution in [0.25, 0.3) is 87.2 Å². The van der Waals surface area contributed by atoms with Crippen molar-refractivity contribution in [2.24, 2.45) is 0 Å². The molecule has 0 heterocycles. The first-order valence-electron chi connectivity index (χ1n) is 15.7. The van der Waals surface area contributed by atoms with Gasteiger partial charge in [0, 0.05) is 0 Å². The summed E-state index contributed by atoms with van der Waals surface area (Å²) in [6, 6.07) is 60.4. The number of hydrogen-bond acceptors (Lipinski definition) is 0. The number of hydrogen-bond donors (Lipinski definition) is 0. The van der Waals surface area contributed by atoms with Crippen molar-refractivity contribution in [2.75, 3.05) is 0 Å². The van der Waals surface area contributed by atoms with E-state index in [0.29, 0.717) is 0 Å². The molecule has 9 aromatic carbocycles. The van der Waals surface area contributed by atoms with Gasteiger partial charge in [0.25, 0.3) is 0 Å². The molecule has 9 aromatic rings. The molecule has 0 N–H and O–H groups in total. The molecule has 0 aliphatic rings. The van der Waals surface area contributed by atoms with Crippen molar-refractivity contribution < 1.29 is 0 Å². The molecule has 0 aromatic heterocycles. The van der Waals surface area contributed by atoms with E-state index in [9.17, 15) is 0 Å². The fourth-order valence-corrected chi connectivity index (χ4v) is 7.38. The summed E-state index contributed by atoms with van der Waals surface area (Å²) in [6.45, 7) is 2.25. The molecule has 0 aliphatic heterocycles. The molecule has 45 heavy (non-hydrogen) atoms. The Hall–Kier alpha value is -5.72. The first-order chi connectivity index (χ1) is 22.2. The first-order valence-corrected chi connectivity index (χ1v) is 15.7. The van der Waals surface area contributed by atoms with E-state index in [1.54, 1.807) is 0 Å². The lowest BCUT2D eigenvalue weighted by molar-refractivity contribution is 1.55. The molecule has 0 saturated heterocycles. The SMILES string of the molecule is Cc1cc2c(-c3ccc(-c4ccc5ccccc5c4)cc3)c3ccccc3c(-c3ccc4ccccc4c3)c2c2ccccc12. The van der Waals surface area contributed by atoms with Crippen LogP contribution in [0.3, 0.4) is 0 Å². The van der Waals surface area contributed by atoms with Crippen molar-refractivity contribution >= 4 is 53.9 Å². The maximum Gasteiger partial charge on any atom is -0.00139 e. The van der Waals surface area contributed by atoms with Crippen molar-refractivity contribution in [1.82, 2.24) is 0 Å². The van der Waals surface area contributed by atoms with Crippen LogP contribution in [-0.2, 0) is 0 Å². The van der Waals surface area contributed by atoms with Gasteiger partial charge >= 0.3 is 0 Å². The van der Waals surface area contributed by atoms with Crippen LogP contribution in [0.5, 0.6) is 0 Å². The summed E-state index contributed by atoms with van der Waals surface area (Å²) in [6.07, 6.45) is 0. The second-order valence-electron chi connectivity index (χ2n) is 12.2. The second kappa shape index (κ2) is 10.2. The topological polar surface area (TPSA) is 0 Å². The third-order valence-electron chi connectivity index (χ3n) is 9.53. The molecule has 0 unspecified atom stereocenters. The molecule has 0 nitrogen and oxygen atoms in total. The first kappa shape index (κ1) is 25.7. The fraction of sp³-hybridized carbons (Fsp3) is 0.0222. The van der Waals surface area contributed by atoms with Gasteiger partial charge < -0.3 is 0 Å². The minimum Gasteiger partial charge on any atom is -0.0616 e. The number of fused-ring (bicyclic) bond motifs is 6. The van der Waals surface area contributed by atoms with Crippen LogP contribution in [0, 0.1) is 6.92 Å². The lowest BCUT2D eigenvalue weighted by atomic mass is 9.82. The van der Waals surface area contributed by atoms with E-state index < -0.39 is 0 Å². The van der Waals surface area contributed by atoms with Crippen LogP contribution >= 0.6 is 0 Å². The lowest BCUT2D eigenvalue weighted by Crippen LogP contribution is -1.93. The minimum atomic E-state index is 1.23. The highest BCUT2D eigenvalue weighted by Crippen LogP contribution is 2.47. The van der Waals surface area contributed by atoms with Crippen LogP contribution in [0.2, 0.25) is 0 Å². The summed E-state index contributed by atoms with van der Waals surface area (Å²) < 4.78 is 0. The van der Waals surface area contributed by atoms with Crippen LogP contribution < -0.4 is 0 Å². The van der Waals surface area contributed by atoms with Gasteiger partial charge in [-0.15, -0.1) is 0 Å². The molecule has 0 amide bonds. The summed E-state index contributed by atoms with van der Waals surface area (Å²) in [5, 5.41) is 12.8. The molecular formula is C45H30. The van der Waals surface area contributed by atoms with E-state index in [4.69, 9.17) is 0 Å². The van der Waals surface area contributed by atoms with Gasteiger partial charge in [-0.25, -0.2) is 0 Å². The predicted octanol–water partition coefficient (Wildman–Crippen LogP) is 12.8. The Kier molecular flexibility index (Phi) is 5.83. The van der Waals surface area contributed by atoms with Crippen LogP contribution in [0.4, 0.5) is 0 Å². The zero-order valence-electron chi connectivity index (χ0n) is 25.1. The van der Waals surface area contributed by atoms with E-state index in [1.165, 1.54) is 92.8 Å². The van der Waals surface area contributed by atoms with Gasteiger partial charge in [-0.05, 0) is 112 Å². The van der Waals surface area contributed by atoms with Crippen molar-refractivity contribution in [2.45, 2.75) is 6.92 Å². The Morgan fingerprint density at radius 3 is 1.42 bits per heavy atom. The highest BCUT2D eigenvalue weighted by Gasteiger charge is 2.20. The molecule has 0 saturated carbocycles. The smallest absolute Gasteiger partial charge is 0.00139 e. The van der Waals surface area contributed by atoms with Crippen molar-refractivity contribution in [3.63, 3.8) is 0 Å². The Labute approximate surface area is 262 Å². The van der Waals surface area contributed by atoms with E-state index in [1.807, 2.05) is 0 Å². The maximum absolute atomic E-state index is 2.42. The van der Waals surface area contributed by atoms with Crippen molar-refractivity contribution in [3.05, 3.63) is 169 Å². The molecule has 9 rings (SSSR count). The Morgan fingerprint density at radius 2 is 0.756 bits per heavy atom. The van der Waals surface area contributed by atoms with E-state index >= 15 is 0 Å². The number of rotatable bonds is 3. The van der Waals surface area contributed by atoms with Gasteiger partial charge in [0.05, 0.1) is 0 Å². The fourth-order valence-electron chi connectivity index (χ4n) is 7.38. The molecule has 0 bridgehead atoms. The zero-order chi connectivity index (χ0) is 29.9. The molecule has 0 radical (unpaired) electrons. The van der Waals surface area contributed by atoms with Crippen molar-refractivity contribution in [3.8, 4) is 33.4 Å². The second-order valence-corrected chi connectivity index (χ2v) is 12.2. The average molecular weight is 571 g/mol. The van der Waals surface area contributed by atoms with Crippen LogP contribution in [-0.4, -0.2) is 0 Å². The summed E-state index contributed by atoms with van der Waals surface area (Å²) >= 11 is 0. The summed E-state index contributed by atoms with van der Waals surface area (Å²) in [5.41, 5.74) is 8.86. The predicted molar refractivity (Wildman–Crippen MR) is 195 cm³/mol. The van der Waals surface area contributed by atoms with Gasteiger partial charge in [-0.2, -0.15) is 0 Å². The Balaban J connectivity index is 1.34. The van der Waals surface area contributed by atoms with Crippen LogP contribution in [0.1, 0.15) is 5.56 Å². The summed E-state index contributed by atoms with van der Waals surface area (Å²) in [7, 11) is 0. The van der Waals surface area contributed by atoms with Gasteiger partial charge in [-0.3, -0.25) is 0 Å². The summed E-state index contributed by atoms with van der Waals surface area (Å²) in [4.78, 5) is 0. The molecular weight excluding hydrogens is 540 g/mol. The molecule has 0 atom stereocenters. The minimum absolute atomic E-state index is 1.23. The Morgan fingerprint density at radius 1 is 0.289 bits per heavy atom. The van der Waals surface area contributed by atoms with Gasteiger partial charge in [0.2, 0.25) is 0 Å². The zero-order valence-corrected chi connectivity index (χ0v) is 25.1. The average Bonchev–Trinajstić information content (AvgIpc) is 3.10. The largest absolute Gasteiger partial charge is 0.0616 e. The number of aryl methyl sites for hydroxylation is 1. The normalized spacial score (nSPS) is 11.7. The molecule has 0 spiro atoms. The summed E-state index contributed by atoms with van der Waals surface area (Å²) in [5.74, 6) is 0. The lowest BCUT2D eigenvalue weighted by Gasteiger charge is -2.21. The highest BCUT2D eigenvalue weighted by molar-refractivity contribution is 6.28. The van der Waals surface area contributed by atoms with Crippen molar-refractivity contribution in [1.29, 1.82) is 0 Å². The van der Waals surface area contributed by atoms with E-state index in [-0.39, 0.29) is 0 Å².